The summed E-state index contributed by atoms with van der Waals surface area (Å²) in [5.41, 5.74) is 1.29. The number of rotatable bonds is 3. The molecule has 0 saturated carbocycles. The highest BCUT2D eigenvalue weighted by molar-refractivity contribution is 7.89. The Morgan fingerprint density at radius 3 is 2.48 bits per heavy atom. The minimum atomic E-state index is -3.76. The van der Waals surface area contributed by atoms with Crippen molar-refractivity contribution in [2.45, 2.75) is 4.90 Å². The van der Waals surface area contributed by atoms with E-state index in [-0.39, 0.29) is 4.90 Å². The zero-order chi connectivity index (χ0) is 14.9. The molecule has 2 N–H and O–H groups in total. The monoisotopic (exact) mass is 301 g/mol. The highest BCUT2D eigenvalue weighted by Gasteiger charge is 2.12. The quantitative estimate of drug-likeness (QED) is 0.776. The van der Waals surface area contributed by atoms with Crippen molar-refractivity contribution in [3.63, 3.8) is 0 Å². The number of benzene rings is 2. The Morgan fingerprint density at radius 1 is 1.00 bits per heavy atom. The normalized spacial score (nSPS) is 11.5. The molecule has 0 atom stereocenters. The molecular formula is C13H11N5O2S. The van der Waals surface area contributed by atoms with Crippen LogP contribution >= 0.6 is 0 Å². The van der Waals surface area contributed by atoms with Crippen molar-refractivity contribution in [2.75, 3.05) is 0 Å². The molecular weight excluding hydrogens is 290 g/mol. The number of nitrogens with two attached hydrogens (primary N) is 1. The first-order valence-corrected chi connectivity index (χ1v) is 7.57. The molecule has 3 rings (SSSR count). The first kappa shape index (κ1) is 13.4. The van der Waals surface area contributed by atoms with Gasteiger partial charge in [-0.15, -0.1) is 15.0 Å². The van der Waals surface area contributed by atoms with E-state index in [0.29, 0.717) is 11.4 Å². The summed E-state index contributed by atoms with van der Waals surface area (Å²) in [7, 11) is -3.76. The summed E-state index contributed by atoms with van der Waals surface area (Å²) in [6.45, 7) is 0. The summed E-state index contributed by atoms with van der Waals surface area (Å²) >= 11 is 0. The average Bonchev–Trinajstić information content (AvgIpc) is 2.97. The summed E-state index contributed by atoms with van der Waals surface area (Å²) in [5, 5.41) is 17.2. The molecule has 0 unspecified atom stereocenters. The second kappa shape index (κ2) is 5.08. The standard InChI is InChI=1S/C13H11N5O2S/c14-21(19,20)12-8-4-5-10(9-12)13-15-17-18(16-13)11-6-2-1-3-7-11/h1-9H,(H2,14,19,20). The lowest BCUT2D eigenvalue weighted by Gasteiger charge is -2.00. The molecule has 0 bridgehead atoms. The van der Waals surface area contributed by atoms with E-state index >= 15 is 0 Å². The van der Waals surface area contributed by atoms with E-state index in [2.05, 4.69) is 15.4 Å². The molecule has 21 heavy (non-hydrogen) atoms. The molecule has 0 spiro atoms. The van der Waals surface area contributed by atoms with Crippen LogP contribution in [0, 0.1) is 0 Å². The van der Waals surface area contributed by atoms with Gasteiger partial charge in [0.1, 0.15) is 0 Å². The van der Waals surface area contributed by atoms with Gasteiger partial charge in [0.25, 0.3) is 0 Å². The fourth-order valence-electron chi connectivity index (χ4n) is 1.81. The predicted octanol–water partition coefficient (Wildman–Crippen LogP) is 0.977. The molecule has 106 valence electrons. The predicted molar refractivity (Wildman–Crippen MR) is 76.0 cm³/mol. The third kappa shape index (κ3) is 2.81. The number of para-hydroxylation sites is 1. The second-order valence-corrected chi connectivity index (χ2v) is 5.87. The van der Waals surface area contributed by atoms with Gasteiger partial charge in [-0.3, -0.25) is 0 Å². The Hall–Kier alpha value is -2.58. The van der Waals surface area contributed by atoms with Crippen molar-refractivity contribution in [2.24, 2.45) is 5.14 Å². The highest BCUT2D eigenvalue weighted by atomic mass is 32.2. The number of hydrogen-bond donors (Lipinski definition) is 1. The summed E-state index contributed by atoms with van der Waals surface area (Å²) in [4.78, 5) is 1.38. The molecule has 0 aliphatic heterocycles. The van der Waals surface area contributed by atoms with E-state index in [1.54, 1.807) is 12.1 Å². The van der Waals surface area contributed by atoms with Crippen LogP contribution in [0.2, 0.25) is 0 Å². The van der Waals surface area contributed by atoms with Crippen molar-refractivity contribution in [1.82, 2.24) is 20.2 Å². The van der Waals surface area contributed by atoms with E-state index < -0.39 is 10.0 Å². The Balaban J connectivity index is 2.01. The van der Waals surface area contributed by atoms with Crippen LogP contribution in [0.3, 0.4) is 0 Å². The third-order valence-corrected chi connectivity index (χ3v) is 3.73. The smallest absolute Gasteiger partial charge is 0.225 e. The van der Waals surface area contributed by atoms with Gasteiger partial charge in [-0.25, -0.2) is 13.6 Å². The Morgan fingerprint density at radius 2 is 1.76 bits per heavy atom. The minimum Gasteiger partial charge on any atom is -0.225 e. The molecule has 8 heteroatoms. The number of nitrogens with zero attached hydrogens (tertiary/aromatic N) is 4. The summed E-state index contributed by atoms with van der Waals surface area (Å²) in [6, 6.07) is 15.4. The maximum Gasteiger partial charge on any atom is 0.238 e. The van der Waals surface area contributed by atoms with Gasteiger partial charge in [-0.05, 0) is 29.5 Å². The first-order chi connectivity index (χ1) is 10.0. The lowest BCUT2D eigenvalue weighted by Crippen LogP contribution is -2.12. The first-order valence-electron chi connectivity index (χ1n) is 6.03. The van der Waals surface area contributed by atoms with E-state index in [4.69, 9.17) is 5.14 Å². The largest absolute Gasteiger partial charge is 0.238 e. The molecule has 1 heterocycles. The topological polar surface area (TPSA) is 104 Å². The van der Waals surface area contributed by atoms with E-state index in [1.165, 1.54) is 16.9 Å². The SMILES string of the molecule is NS(=O)(=O)c1cccc(-c2nnn(-c3ccccc3)n2)c1. The van der Waals surface area contributed by atoms with Gasteiger partial charge in [0.15, 0.2) is 0 Å². The van der Waals surface area contributed by atoms with E-state index in [9.17, 15) is 8.42 Å². The van der Waals surface area contributed by atoms with Crippen LogP contribution < -0.4 is 5.14 Å². The summed E-state index contributed by atoms with van der Waals surface area (Å²) in [5.74, 6) is 0.323. The number of aromatic nitrogens is 4. The average molecular weight is 301 g/mol. The molecule has 0 fully saturated rings. The lowest BCUT2D eigenvalue weighted by molar-refractivity contribution is 0.598. The molecule has 1 aromatic heterocycles. The van der Waals surface area contributed by atoms with Crippen LogP contribution in [0.1, 0.15) is 0 Å². The Labute approximate surface area is 121 Å². The van der Waals surface area contributed by atoms with Crippen LogP contribution in [-0.2, 0) is 10.0 Å². The number of tetrazole rings is 1. The van der Waals surface area contributed by atoms with Crippen molar-refractivity contribution >= 4 is 10.0 Å². The minimum absolute atomic E-state index is 0.0102. The maximum absolute atomic E-state index is 11.4. The molecule has 2 aromatic carbocycles. The van der Waals surface area contributed by atoms with Gasteiger partial charge in [0.2, 0.25) is 15.8 Å². The van der Waals surface area contributed by atoms with Crippen molar-refractivity contribution in [1.29, 1.82) is 0 Å². The van der Waals surface area contributed by atoms with Crippen molar-refractivity contribution in [3.05, 3.63) is 54.6 Å². The van der Waals surface area contributed by atoms with Gasteiger partial charge in [0, 0.05) is 5.56 Å². The lowest BCUT2D eigenvalue weighted by atomic mass is 10.2. The van der Waals surface area contributed by atoms with E-state index in [0.717, 1.165) is 5.69 Å². The summed E-state index contributed by atoms with van der Waals surface area (Å²) in [6.07, 6.45) is 0. The zero-order valence-electron chi connectivity index (χ0n) is 10.8. The maximum atomic E-state index is 11.4. The Bertz CT molecular complexity index is 874. The zero-order valence-corrected chi connectivity index (χ0v) is 11.6. The molecule has 0 aliphatic carbocycles. The summed E-state index contributed by atoms with van der Waals surface area (Å²) < 4.78 is 22.7. The molecule has 0 radical (unpaired) electrons. The second-order valence-electron chi connectivity index (χ2n) is 4.31. The van der Waals surface area contributed by atoms with Crippen LogP contribution in [0.5, 0.6) is 0 Å². The van der Waals surface area contributed by atoms with Gasteiger partial charge in [-0.1, -0.05) is 30.3 Å². The van der Waals surface area contributed by atoms with Crippen molar-refractivity contribution < 1.29 is 8.42 Å². The van der Waals surface area contributed by atoms with Gasteiger partial charge >= 0.3 is 0 Å². The Kier molecular flexibility index (Phi) is 3.24. The van der Waals surface area contributed by atoms with Gasteiger partial charge in [-0.2, -0.15) is 0 Å². The van der Waals surface area contributed by atoms with Crippen molar-refractivity contribution in [3.8, 4) is 17.1 Å². The van der Waals surface area contributed by atoms with E-state index in [1.807, 2.05) is 30.3 Å². The molecule has 7 nitrogen and oxygen atoms in total. The molecule has 3 aromatic rings. The van der Waals surface area contributed by atoms with Gasteiger partial charge in [0.05, 0.1) is 10.6 Å². The fraction of sp³-hybridized carbons (Fsp3) is 0. The number of hydrogen-bond acceptors (Lipinski definition) is 5. The van der Waals surface area contributed by atoms with Crippen LogP contribution in [-0.4, -0.2) is 28.6 Å². The molecule has 0 amide bonds. The number of primary sulfonamides is 1. The highest BCUT2D eigenvalue weighted by Crippen LogP contribution is 2.18. The third-order valence-electron chi connectivity index (χ3n) is 2.82. The number of sulfonamides is 1. The fourth-order valence-corrected chi connectivity index (χ4v) is 2.37. The van der Waals surface area contributed by atoms with Crippen LogP contribution in [0.15, 0.2) is 59.5 Å². The van der Waals surface area contributed by atoms with Gasteiger partial charge < -0.3 is 0 Å². The van der Waals surface area contributed by atoms with Crippen LogP contribution in [0.25, 0.3) is 17.1 Å². The molecule has 0 aliphatic rings. The van der Waals surface area contributed by atoms with Crippen LogP contribution in [0.4, 0.5) is 0 Å². The molecule has 0 saturated heterocycles.